The molecule has 0 aromatic rings. The predicted octanol–water partition coefficient (Wildman–Crippen LogP) is 2.14. The number of likely N-dealkylation sites (N-methyl/N-ethyl adjacent to an activating group) is 1. The molecule has 2 unspecified atom stereocenters. The minimum atomic E-state index is -0.427. The summed E-state index contributed by atoms with van der Waals surface area (Å²) in [6.45, 7) is 7.33. The fourth-order valence-corrected chi connectivity index (χ4v) is 10.2. The summed E-state index contributed by atoms with van der Waals surface area (Å²) in [5, 5.41) is 0. The van der Waals surface area contributed by atoms with Gasteiger partial charge < -0.3 is 40.6 Å². The summed E-state index contributed by atoms with van der Waals surface area (Å²) in [6, 6.07) is 0. The van der Waals surface area contributed by atoms with Crippen LogP contribution in [0.2, 0.25) is 0 Å². The van der Waals surface area contributed by atoms with Crippen LogP contribution in [0.5, 0.6) is 0 Å². The maximum atomic E-state index is 12.9. The van der Waals surface area contributed by atoms with E-state index in [0.29, 0.717) is 38.7 Å². The van der Waals surface area contributed by atoms with E-state index in [1.807, 2.05) is 0 Å². The van der Waals surface area contributed by atoms with Gasteiger partial charge in [0.1, 0.15) is 31.5 Å². The largest absolute Gasteiger partial charge is 0.461 e. The third-order valence-corrected chi connectivity index (χ3v) is 12.6. The Kier molecular flexibility index (Phi) is 12.1. The van der Waals surface area contributed by atoms with Crippen LogP contribution in [0.1, 0.15) is 78.6 Å². The second-order valence-electron chi connectivity index (χ2n) is 16.3. The van der Waals surface area contributed by atoms with Crippen molar-refractivity contribution in [3.05, 3.63) is 0 Å². The molecule has 0 spiro atoms. The lowest BCUT2D eigenvalue weighted by atomic mass is 9.43. The SMILES string of the molecule is C[C@H](CCC(=O)OCC[N+](C)(C)C)[C@H]1CC[C@H]2C3[C@H](OC(=O)CN)CC4C[C@H](OC(=O)CN)CC[C@]4(C)[C@H]3C[C@H](OC(=O)CN)[C@]12C. The molecule has 0 bridgehead atoms. The van der Waals surface area contributed by atoms with Crippen molar-refractivity contribution < 1.29 is 42.6 Å². The van der Waals surface area contributed by atoms with E-state index in [-0.39, 0.29) is 84.8 Å². The fraction of sp³-hybridized carbons (Fsp3) is 0.886. The van der Waals surface area contributed by atoms with Crippen LogP contribution < -0.4 is 17.2 Å². The van der Waals surface area contributed by atoms with Crippen molar-refractivity contribution in [2.45, 2.75) is 96.9 Å². The first kappa shape index (κ1) is 37.5. The highest BCUT2D eigenvalue weighted by molar-refractivity contribution is 5.72. The van der Waals surface area contributed by atoms with Gasteiger partial charge >= 0.3 is 23.9 Å². The third kappa shape index (κ3) is 8.13. The maximum Gasteiger partial charge on any atom is 0.319 e. The van der Waals surface area contributed by atoms with Gasteiger partial charge in [-0.2, -0.15) is 0 Å². The highest BCUT2D eigenvalue weighted by atomic mass is 16.6. The molecule has 12 heteroatoms. The van der Waals surface area contributed by atoms with E-state index in [2.05, 4.69) is 41.9 Å². The summed E-state index contributed by atoms with van der Waals surface area (Å²) in [7, 11) is 6.19. The molecular weight excluding hydrogens is 604 g/mol. The summed E-state index contributed by atoms with van der Waals surface area (Å²) >= 11 is 0. The summed E-state index contributed by atoms with van der Waals surface area (Å²) in [5.74, 6) is -0.649. The highest BCUT2D eigenvalue weighted by Gasteiger charge is 2.67. The third-order valence-electron chi connectivity index (χ3n) is 12.6. The number of esters is 4. The van der Waals surface area contributed by atoms with E-state index >= 15 is 0 Å². The molecule has 4 aliphatic carbocycles. The van der Waals surface area contributed by atoms with E-state index in [0.717, 1.165) is 36.7 Å². The Morgan fingerprint density at radius 2 is 1.45 bits per heavy atom. The summed E-state index contributed by atoms with van der Waals surface area (Å²) < 4.78 is 24.4. The van der Waals surface area contributed by atoms with Gasteiger partial charge in [0.25, 0.3) is 0 Å². The minimum Gasteiger partial charge on any atom is -0.461 e. The Morgan fingerprint density at radius 3 is 2.09 bits per heavy atom. The van der Waals surface area contributed by atoms with Crippen LogP contribution >= 0.6 is 0 Å². The van der Waals surface area contributed by atoms with Crippen LogP contribution in [0.4, 0.5) is 0 Å². The molecule has 0 heterocycles. The van der Waals surface area contributed by atoms with E-state index in [9.17, 15) is 19.2 Å². The Hall–Kier alpha value is -2.28. The maximum absolute atomic E-state index is 12.9. The molecule has 4 saturated carbocycles. The molecule has 4 aliphatic rings. The Morgan fingerprint density at radius 1 is 0.809 bits per heavy atom. The van der Waals surface area contributed by atoms with Gasteiger partial charge in [-0.1, -0.05) is 20.8 Å². The van der Waals surface area contributed by atoms with Gasteiger partial charge in [0.05, 0.1) is 40.8 Å². The first-order valence-corrected chi connectivity index (χ1v) is 17.7. The average Bonchev–Trinajstić information content (AvgIpc) is 3.38. The van der Waals surface area contributed by atoms with Gasteiger partial charge in [-0.25, -0.2) is 0 Å². The summed E-state index contributed by atoms with van der Waals surface area (Å²) in [5.41, 5.74) is 16.5. The number of carbonyl (C=O) groups is 4. The van der Waals surface area contributed by atoms with Crippen molar-refractivity contribution in [1.82, 2.24) is 0 Å². The zero-order valence-corrected chi connectivity index (χ0v) is 29.5. The molecule has 0 saturated heterocycles. The summed E-state index contributed by atoms with van der Waals surface area (Å²) in [4.78, 5) is 50.4. The van der Waals surface area contributed by atoms with Gasteiger partial charge in [0.15, 0.2) is 0 Å². The van der Waals surface area contributed by atoms with Crippen LogP contribution in [0.3, 0.4) is 0 Å². The van der Waals surface area contributed by atoms with Crippen LogP contribution in [-0.4, -0.2) is 101 Å². The average molecular weight is 666 g/mol. The second-order valence-corrected chi connectivity index (χ2v) is 16.3. The number of rotatable bonds is 13. The van der Waals surface area contributed by atoms with E-state index < -0.39 is 23.3 Å². The molecule has 0 aliphatic heterocycles. The number of fused-ring (bicyclic) bond motifs is 5. The van der Waals surface area contributed by atoms with Gasteiger partial charge in [0, 0.05) is 17.8 Å². The molecule has 268 valence electrons. The molecule has 4 rings (SSSR count). The lowest BCUT2D eigenvalue weighted by Crippen LogP contribution is -2.63. The number of nitrogens with zero attached hydrogens (tertiary/aromatic N) is 1. The van der Waals surface area contributed by atoms with E-state index in [4.69, 9.17) is 36.1 Å². The monoisotopic (exact) mass is 665 g/mol. The molecule has 0 amide bonds. The molecule has 12 nitrogen and oxygen atoms in total. The van der Waals surface area contributed by atoms with Crippen LogP contribution in [0.25, 0.3) is 0 Å². The van der Waals surface area contributed by atoms with Crippen LogP contribution in [-0.2, 0) is 38.1 Å². The molecule has 4 fully saturated rings. The second kappa shape index (κ2) is 15.1. The van der Waals surface area contributed by atoms with Gasteiger partial charge in [-0.05, 0) is 86.4 Å². The predicted molar refractivity (Wildman–Crippen MR) is 175 cm³/mol. The number of ether oxygens (including phenoxy) is 4. The number of hydrogen-bond donors (Lipinski definition) is 3. The first-order chi connectivity index (χ1) is 22.1. The van der Waals surface area contributed by atoms with Crippen molar-refractivity contribution in [3.8, 4) is 0 Å². The topological polar surface area (TPSA) is 183 Å². The smallest absolute Gasteiger partial charge is 0.319 e. The minimum absolute atomic E-state index is 0.0606. The molecular formula is C35H61N4O8+. The Balaban J connectivity index is 1.61. The van der Waals surface area contributed by atoms with Crippen molar-refractivity contribution in [1.29, 1.82) is 0 Å². The Bertz CT molecular complexity index is 1150. The standard InChI is InChI=1S/C35H61N4O8/c1-21(7-10-29(40)44-14-13-39(4,5)6)24-8-9-25-33-26(17-28(35(24,25)3)47-32(43)20-38)34(2)12-11-23(45-30(41)18-36)15-22(34)16-27(33)46-31(42)19-37/h21-28,33H,7-20,36-38H2,1-6H3/q+1/t21-,22?,23-,24-,25+,26+,27-,28+,33?,34+,35-/m1/s1. The van der Waals surface area contributed by atoms with E-state index in [1.165, 1.54) is 0 Å². The van der Waals surface area contributed by atoms with Crippen molar-refractivity contribution in [2.75, 3.05) is 53.9 Å². The summed E-state index contributed by atoms with van der Waals surface area (Å²) in [6.07, 6.45) is 5.44. The number of quaternary nitrogens is 1. The number of hydrogen-bond acceptors (Lipinski definition) is 11. The lowest BCUT2D eigenvalue weighted by molar-refractivity contribution is -0.870. The molecule has 0 radical (unpaired) electrons. The number of nitrogens with two attached hydrogens (primary N) is 3. The van der Waals surface area contributed by atoms with Gasteiger partial charge in [-0.3, -0.25) is 19.2 Å². The van der Waals surface area contributed by atoms with E-state index in [1.54, 1.807) is 0 Å². The van der Waals surface area contributed by atoms with Gasteiger partial charge in [0.2, 0.25) is 0 Å². The molecule has 0 aromatic heterocycles. The normalized spacial score (nSPS) is 37.0. The fourth-order valence-electron chi connectivity index (χ4n) is 10.2. The lowest BCUT2D eigenvalue weighted by Gasteiger charge is -2.64. The van der Waals surface area contributed by atoms with Crippen LogP contribution in [0.15, 0.2) is 0 Å². The molecule has 11 atom stereocenters. The van der Waals surface area contributed by atoms with Crippen LogP contribution in [0, 0.1) is 46.3 Å². The van der Waals surface area contributed by atoms with Gasteiger partial charge in [-0.15, -0.1) is 0 Å². The highest BCUT2D eigenvalue weighted by Crippen LogP contribution is 2.69. The Labute approximate surface area is 280 Å². The number of carbonyl (C=O) groups excluding carboxylic acids is 4. The first-order valence-electron chi connectivity index (χ1n) is 17.7. The van der Waals surface area contributed by atoms with Crippen molar-refractivity contribution in [2.24, 2.45) is 63.5 Å². The zero-order valence-electron chi connectivity index (χ0n) is 29.5. The molecule has 0 aromatic carbocycles. The van der Waals surface area contributed by atoms with Crippen molar-refractivity contribution >= 4 is 23.9 Å². The quantitative estimate of drug-likeness (QED) is 0.149. The molecule has 6 N–H and O–H groups in total. The zero-order chi connectivity index (χ0) is 34.7. The van der Waals surface area contributed by atoms with Crippen molar-refractivity contribution in [3.63, 3.8) is 0 Å². The molecule has 47 heavy (non-hydrogen) atoms.